The summed E-state index contributed by atoms with van der Waals surface area (Å²) in [6.45, 7) is 3.84. The average molecular weight is 519 g/mol. The van der Waals surface area contributed by atoms with Crippen LogP contribution in [0.2, 0.25) is 0 Å². The number of rotatable bonds is 9. The van der Waals surface area contributed by atoms with E-state index in [2.05, 4.69) is 33.9 Å². The summed E-state index contributed by atoms with van der Waals surface area (Å²) in [7, 11) is -3.40. The van der Waals surface area contributed by atoms with E-state index in [1.807, 2.05) is 24.3 Å². The van der Waals surface area contributed by atoms with Gasteiger partial charge in [-0.15, -0.1) is 11.3 Å². The van der Waals surface area contributed by atoms with Crippen LogP contribution in [0.1, 0.15) is 36.8 Å². The zero-order chi connectivity index (χ0) is 25.3. The fraction of sp³-hybridized carbons (Fsp3) is 0.360. The summed E-state index contributed by atoms with van der Waals surface area (Å²) in [6.07, 6.45) is 5.40. The number of aliphatic carboxylic acids is 2. The zero-order valence-electron chi connectivity index (χ0n) is 19.4. The number of thiophene rings is 1. The fourth-order valence-corrected chi connectivity index (χ4v) is 6.44. The van der Waals surface area contributed by atoms with Gasteiger partial charge in [-0.05, 0) is 54.5 Å². The summed E-state index contributed by atoms with van der Waals surface area (Å²) in [5.74, 6) is -3.65. The monoisotopic (exact) mass is 518 g/mol. The molecule has 0 saturated heterocycles. The van der Waals surface area contributed by atoms with E-state index in [4.69, 9.17) is 19.8 Å². The number of fused-ring (bicyclic) bond motifs is 2. The third kappa shape index (κ3) is 8.14. The van der Waals surface area contributed by atoms with E-state index in [0.717, 1.165) is 55.4 Å². The Balaban J connectivity index is 0.000000509. The standard InChI is InChI=1S/C23H28N2O2S2.C2H2O4/c26-29(27,23-17-20-10-5-6-12-22(20)28-23)24-14-7-1-2-8-15-25-16-13-19-9-3-4-11-21(19)18-25;3-1(4)2(5)6/h3-6,9-12,17,24H,1-2,7-8,13-16,18H2;(H,3,4)(H,5,6). The van der Waals surface area contributed by atoms with Crippen LogP contribution < -0.4 is 4.72 Å². The normalized spacial score (nSPS) is 13.6. The van der Waals surface area contributed by atoms with Crippen LogP contribution in [0.15, 0.2) is 58.8 Å². The molecular formula is C25H30N2O6S2. The van der Waals surface area contributed by atoms with Gasteiger partial charge in [-0.1, -0.05) is 55.3 Å². The molecule has 1 aliphatic heterocycles. The highest BCUT2D eigenvalue weighted by molar-refractivity contribution is 7.91. The Hall–Kier alpha value is -2.79. The highest BCUT2D eigenvalue weighted by Crippen LogP contribution is 2.28. The number of nitrogens with zero attached hydrogens (tertiary/aromatic N) is 1. The van der Waals surface area contributed by atoms with Crippen LogP contribution >= 0.6 is 11.3 Å². The number of hydrogen-bond acceptors (Lipinski definition) is 6. The summed E-state index contributed by atoms with van der Waals surface area (Å²) in [5, 5.41) is 15.8. The van der Waals surface area contributed by atoms with Crippen molar-refractivity contribution in [2.75, 3.05) is 19.6 Å². The highest BCUT2D eigenvalue weighted by Gasteiger charge is 2.17. The van der Waals surface area contributed by atoms with Gasteiger partial charge in [0, 0.05) is 24.3 Å². The van der Waals surface area contributed by atoms with Gasteiger partial charge in [-0.25, -0.2) is 22.7 Å². The third-order valence-corrected chi connectivity index (χ3v) is 8.80. The van der Waals surface area contributed by atoms with Gasteiger partial charge in [-0.2, -0.15) is 0 Å². The van der Waals surface area contributed by atoms with Crippen molar-refractivity contribution in [3.05, 3.63) is 65.7 Å². The molecule has 2 aromatic carbocycles. The van der Waals surface area contributed by atoms with Crippen molar-refractivity contribution in [1.82, 2.24) is 9.62 Å². The van der Waals surface area contributed by atoms with E-state index in [1.165, 1.54) is 28.9 Å². The molecule has 0 amide bonds. The van der Waals surface area contributed by atoms with Gasteiger partial charge in [0.1, 0.15) is 4.21 Å². The fourth-order valence-electron chi connectivity index (χ4n) is 3.93. The Morgan fingerprint density at radius 2 is 1.57 bits per heavy atom. The van der Waals surface area contributed by atoms with Crippen molar-refractivity contribution in [3.63, 3.8) is 0 Å². The summed E-state index contributed by atoms with van der Waals surface area (Å²) in [6, 6.07) is 18.3. The number of carboxylic acid groups (broad SMARTS) is 2. The van der Waals surface area contributed by atoms with Crippen LogP contribution in [0.5, 0.6) is 0 Å². The van der Waals surface area contributed by atoms with E-state index < -0.39 is 22.0 Å². The van der Waals surface area contributed by atoms with E-state index in [9.17, 15) is 8.42 Å². The molecule has 0 atom stereocenters. The van der Waals surface area contributed by atoms with E-state index in [1.54, 1.807) is 6.07 Å². The quantitative estimate of drug-likeness (QED) is 0.289. The molecule has 3 N–H and O–H groups in total. The van der Waals surface area contributed by atoms with E-state index in [0.29, 0.717) is 10.8 Å². The number of nitrogens with one attached hydrogen (secondary N) is 1. The molecule has 1 aromatic heterocycles. The summed E-state index contributed by atoms with van der Waals surface area (Å²) in [4.78, 5) is 20.7. The average Bonchev–Trinajstić information content (AvgIpc) is 3.29. The maximum absolute atomic E-state index is 12.5. The van der Waals surface area contributed by atoms with Gasteiger partial charge in [0.15, 0.2) is 0 Å². The molecule has 1 aliphatic rings. The van der Waals surface area contributed by atoms with Crippen molar-refractivity contribution in [2.24, 2.45) is 0 Å². The second kappa shape index (κ2) is 12.8. The van der Waals surface area contributed by atoms with Crippen LogP contribution in [-0.4, -0.2) is 55.1 Å². The molecule has 0 aliphatic carbocycles. The third-order valence-electron chi connectivity index (χ3n) is 5.75. The topological polar surface area (TPSA) is 124 Å². The second-order valence-corrected chi connectivity index (χ2v) is 11.4. The van der Waals surface area contributed by atoms with Crippen LogP contribution in [0.25, 0.3) is 10.1 Å². The van der Waals surface area contributed by atoms with Crippen LogP contribution in [0.4, 0.5) is 0 Å². The zero-order valence-corrected chi connectivity index (χ0v) is 21.0. The largest absolute Gasteiger partial charge is 0.473 e. The number of carboxylic acids is 2. The molecule has 35 heavy (non-hydrogen) atoms. The lowest BCUT2D eigenvalue weighted by molar-refractivity contribution is -0.159. The first-order valence-electron chi connectivity index (χ1n) is 11.5. The minimum Gasteiger partial charge on any atom is -0.473 e. The molecule has 0 unspecified atom stereocenters. The first-order chi connectivity index (χ1) is 16.8. The number of carbonyl (C=O) groups is 2. The Labute approximate surface area is 209 Å². The predicted octanol–water partition coefficient (Wildman–Crippen LogP) is 3.95. The molecule has 0 bridgehead atoms. The van der Waals surface area contributed by atoms with Gasteiger partial charge >= 0.3 is 11.9 Å². The summed E-state index contributed by atoms with van der Waals surface area (Å²) < 4.78 is 29.2. The molecule has 8 nitrogen and oxygen atoms in total. The van der Waals surface area contributed by atoms with Crippen molar-refractivity contribution in [1.29, 1.82) is 0 Å². The first-order valence-corrected chi connectivity index (χ1v) is 13.8. The minimum absolute atomic E-state index is 0.407. The Morgan fingerprint density at radius 1 is 0.914 bits per heavy atom. The minimum atomic E-state index is -3.40. The van der Waals surface area contributed by atoms with Gasteiger partial charge in [-0.3, -0.25) is 4.90 Å². The Bertz CT molecular complexity index is 1210. The second-order valence-electron chi connectivity index (χ2n) is 8.32. The lowest BCUT2D eigenvalue weighted by Gasteiger charge is -2.28. The summed E-state index contributed by atoms with van der Waals surface area (Å²) >= 11 is 1.33. The molecule has 0 spiro atoms. The highest BCUT2D eigenvalue weighted by atomic mass is 32.2. The molecule has 10 heteroatoms. The number of benzene rings is 2. The maximum atomic E-state index is 12.5. The summed E-state index contributed by atoms with van der Waals surface area (Å²) in [5.41, 5.74) is 2.96. The van der Waals surface area contributed by atoms with Crippen LogP contribution in [-0.2, 0) is 32.6 Å². The number of unbranched alkanes of at least 4 members (excludes halogenated alkanes) is 3. The molecule has 0 fully saturated rings. The lowest BCUT2D eigenvalue weighted by atomic mass is 10.00. The number of sulfonamides is 1. The smallest absolute Gasteiger partial charge is 0.414 e. The van der Waals surface area contributed by atoms with Gasteiger partial charge in [0.2, 0.25) is 10.0 Å². The molecule has 188 valence electrons. The molecular weight excluding hydrogens is 488 g/mol. The van der Waals surface area contributed by atoms with Crippen molar-refractivity contribution in [2.45, 2.75) is 42.9 Å². The maximum Gasteiger partial charge on any atom is 0.414 e. The lowest BCUT2D eigenvalue weighted by Crippen LogP contribution is -2.31. The molecule has 0 radical (unpaired) electrons. The van der Waals surface area contributed by atoms with Crippen molar-refractivity contribution < 1.29 is 28.2 Å². The van der Waals surface area contributed by atoms with Gasteiger partial charge in [0.05, 0.1) is 0 Å². The van der Waals surface area contributed by atoms with E-state index in [-0.39, 0.29) is 0 Å². The van der Waals surface area contributed by atoms with Gasteiger partial charge < -0.3 is 10.2 Å². The van der Waals surface area contributed by atoms with Gasteiger partial charge in [0.25, 0.3) is 0 Å². The molecule has 3 aromatic rings. The molecule has 4 rings (SSSR count). The molecule has 0 saturated carbocycles. The first kappa shape index (κ1) is 26.8. The van der Waals surface area contributed by atoms with Crippen molar-refractivity contribution >= 4 is 43.4 Å². The van der Waals surface area contributed by atoms with Crippen LogP contribution in [0.3, 0.4) is 0 Å². The van der Waals surface area contributed by atoms with Crippen molar-refractivity contribution in [3.8, 4) is 0 Å². The van der Waals surface area contributed by atoms with Crippen LogP contribution in [0, 0.1) is 0 Å². The predicted molar refractivity (Wildman–Crippen MR) is 136 cm³/mol. The number of hydrogen-bond donors (Lipinski definition) is 3. The SMILES string of the molecule is O=C(O)C(=O)O.O=S(=O)(NCCCCCCN1CCc2ccccc2C1)c1cc2ccccc2s1. The molecule has 2 heterocycles. The van der Waals surface area contributed by atoms with E-state index >= 15 is 0 Å². The Morgan fingerprint density at radius 3 is 2.29 bits per heavy atom. The Kier molecular flexibility index (Phi) is 9.79.